The Hall–Kier alpha value is -1.77. The molecule has 0 fully saturated rings. The molecule has 0 bridgehead atoms. The fourth-order valence-electron chi connectivity index (χ4n) is 2.39. The Morgan fingerprint density at radius 2 is 2.17 bits per heavy atom. The van der Waals surface area contributed by atoms with E-state index in [1.807, 2.05) is 12.1 Å². The molecule has 1 aromatic heterocycles. The van der Waals surface area contributed by atoms with Crippen LogP contribution in [-0.2, 0) is 11.2 Å². The van der Waals surface area contributed by atoms with E-state index in [0.29, 0.717) is 0 Å². The van der Waals surface area contributed by atoms with Crippen LogP contribution >= 0.6 is 0 Å². The summed E-state index contributed by atoms with van der Waals surface area (Å²) in [5.74, 6) is 0.198. The van der Waals surface area contributed by atoms with E-state index < -0.39 is 0 Å². The van der Waals surface area contributed by atoms with Gasteiger partial charge in [-0.1, -0.05) is 31.5 Å². The number of rotatable bonds is 5. The number of hydrogen-bond donors (Lipinski definition) is 2. The van der Waals surface area contributed by atoms with Gasteiger partial charge in [-0.15, -0.1) is 0 Å². The van der Waals surface area contributed by atoms with E-state index in [1.165, 1.54) is 5.39 Å². The summed E-state index contributed by atoms with van der Waals surface area (Å²) in [6.45, 7) is 2.11. The standard InChI is InChI=1S/C15H20N2O/c1-3-6-12(15(18)16-2)10-13-9-11-7-4-5-8-14(11)17-13/h4-5,7-9,12,17H,3,6,10H2,1-2H3,(H,16,18). The van der Waals surface area contributed by atoms with Crippen LogP contribution in [0.3, 0.4) is 0 Å². The van der Waals surface area contributed by atoms with Gasteiger partial charge in [0.25, 0.3) is 0 Å². The van der Waals surface area contributed by atoms with Gasteiger partial charge in [0.15, 0.2) is 0 Å². The van der Waals surface area contributed by atoms with E-state index in [9.17, 15) is 4.79 Å². The Labute approximate surface area is 108 Å². The van der Waals surface area contributed by atoms with Crippen molar-refractivity contribution in [1.82, 2.24) is 10.3 Å². The summed E-state index contributed by atoms with van der Waals surface area (Å²) in [7, 11) is 1.70. The zero-order chi connectivity index (χ0) is 13.0. The molecule has 0 saturated carbocycles. The van der Waals surface area contributed by atoms with E-state index in [-0.39, 0.29) is 11.8 Å². The summed E-state index contributed by atoms with van der Waals surface area (Å²) < 4.78 is 0. The summed E-state index contributed by atoms with van der Waals surface area (Å²) in [6, 6.07) is 10.3. The lowest BCUT2D eigenvalue weighted by Gasteiger charge is -2.13. The summed E-state index contributed by atoms with van der Waals surface area (Å²) in [6.07, 6.45) is 2.73. The molecule has 0 saturated heterocycles. The number of benzene rings is 1. The Kier molecular flexibility index (Phi) is 4.03. The molecule has 1 atom stereocenters. The van der Waals surface area contributed by atoms with Gasteiger partial charge in [-0.3, -0.25) is 4.79 Å². The second-order valence-corrected chi connectivity index (χ2v) is 4.69. The summed E-state index contributed by atoms with van der Waals surface area (Å²) in [5, 5.41) is 3.96. The SMILES string of the molecule is CCCC(Cc1cc2ccccc2[nH]1)C(=O)NC. The summed E-state index contributed by atoms with van der Waals surface area (Å²) in [4.78, 5) is 15.2. The molecule has 1 amide bonds. The second kappa shape index (κ2) is 5.71. The Morgan fingerprint density at radius 3 is 2.83 bits per heavy atom. The molecule has 3 heteroatoms. The molecule has 1 heterocycles. The average molecular weight is 244 g/mol. The van der Waals surface area contributed by atoms with E-state index in [2.05, 4.69) is 35.4 Å². The first-order chi connectivity index (χ1) is 8.74. The van der Waals surface area contributed by atoms with Crippen molar-refractivity contribution in [3.05, 3.63) is 36.0 Å². The van der Waals surface area contributed by atoms with E-state index in [4.69, 9.17) is 0 Å². The summed E-state index contributed by atoms with van der Waals surface area (Å²) in [5.41, 5.74) is 2.28. The van der Waals surface area contributed by atoms with Crippen molar-refractivity contribution >= 4 is 16.8 Å². The monoisotopic (exact) mass is 244 g/mol. The molecule has 2 N–H and O–H groups in total. The number of fused-ring (bicyclic) bond motifs is 1. The van der Waals surface area contributed by atoms with Crippen LogP contribution in [0.4, 0.5) is 0 Å². The topological polar surface area (TPSA) is 44.9 Å². The minimum atomic E-state index is 0.0630. The zero-order valence-electron chi connectivity index (χ0n) is 11.0. The van der Waals surface area contributed by atoms with Gasteiger partial charge in [-0.05, 0) is 30.4 Å². The molecular weight excluding hydrogens is 224 g/mol. The first-order valence-electron chi connectivity index (χ1n) is 6.52. The van der Waals surface area contributed by atoms with Crippen molar-refractivity contribution in [3.63, 3.8) is 0 Å². The molecule has 1 unspecified atom stereocenters. The predicted octanol–water partition coefficient (Wildman–Crippen LogP) is 2.87. The Morgan fingerprint density at radius 1 is 1.39 bits per heavy atom. The lowest BCUT2D eigenvalue weighted by atomic mass is 9.97. The van der Waals surface area contributed by atoms with Gasteiger partial charge in [0, 0.05) is 24.2 Å². The minimum Gasteiger partial charge on any atom is -0.359 e. The molecule has 2 rings (SSSR count). The molecule has 0 aliphatic carbocycles. The van der Waals surface area contributed by atoms with Crippen LogP contribution in [0.15, 0.2) is 30.3 Å². The van der Waals surface area contributed by atoms with Gasteiger partial charge in [-0.2, -0.15) is 0 Å². The van der Waals surface area contributed by atoms with E-state index >= 15 is 0 Å². The van der Waals surface area contributed by atoms with Gasteiger partial charge in [0.1, 0.15) is 0 Å². The van der Waals surface area contributed by atoms with E-state index in [0.717, 1.165) is 30.5 Å². The predicted molar refractivity (Wildman–Crippen MR) is 74.5 cm³/mol. The maximum atomic E-state index is 11.8. The van der Waals surface area contributed by atoms with Gasteiger partial charge < -0.3 is 10.3 Å². The third-order valence-corrected chi connectivity index (χ3v) is 3.31. The van der Waals surface area contributed by atoms with Crippen LogP contribution in [0.2, 0.25) is 0 Å². The number of aromatic nitrogens is 1. The van der Waals surface area contributed by atoms with Crippen LogP contribution in [0.1, 0.15) is 25.5 Å². The molecule has 0 spiro atoms. The van der Waals surface area contributed by atoms with Crippen LogP contribution in [0.25, 0.3) is 10.9 Å². The molecule has 1 aromatic carbocycles. The fraction of sp³-hybridized carbons (Fsp3) is 0.400. The molecule has 96 valence electrons. The molecule has 0 aliphatic heterocycles. The third-order valence-electron chi connectivity index (χ3n) is 3.31. The first kappa shape index (κ1) is 12.7. The van der Waals surface area contributed by atoms with E-state index in [1.54, 1.807) is 7.05 Å². The fourth-order valence-corrected chi connectivity index (χ4v) is 2.39. The first-order valence-corrected chi connectivity index (χ1v) is 6.52. The third kappa shape index (κ3) is 2.73. The highest BCUT2D eigenvalue weighted by atomic mass is 16.1. The highest BCUT2D eigenvalue weighted by Crippen LogP contribution is 2.19. The molecule has 18 heavy (non-hydrogen) atoms. The highest BCUT2D eigenvalue weighted by Gasteiger charge is 2.17. The van der Waals surface area contributed by atoms with Crippen molar-refractivity contribution in [2.45, 2.75) is 26.2 Å². The molecule has 3 nitrogen and oxygen atoms in total. The van der Waals surface area contributed by atoms with Crippen LogP contribution in [0, 0.1) is 5.92 Å². The van der Waals surface area contributed by atoms with Crippen molar-refractivity contribution in [2.24, 2.45) is 5.92 Å². The number of carbonyl (C=O) groups excluding carboxylic acids is 1. The number of H-pyrrole nitrogens is 1. The van der Waals surface area contributed by atoms with Gasteiger partial charge in [0.2, 0.25) is 5.91 Å². The van der Waals surface area contributed by atoms with Crippen LogP contribution in [-0.4, -0.2) is 17.9 Å². The van der Waals surface area contributed by atoms with Gasteiger partial charge in [0.05, 0.1) is 0 Å². The zero-order valence-corrected chi connectivity index (χ0v) is 11.0. The van der Waals surface area contributed by atoms with Crippen molar-refractivity contribution in [2.75, 3.05) is 7.05 Å². The highest BCUT2D eigenvalue weighted by molar-refractivity contribution is 5.81. The number of aromatic amines is 1. The number of hydrogen-bond acceptors (Lipinski definition) is 1. The van der Waals surface area contributed by atoms with Gasteiger partial charge >= 0.3 is 0 Å². The van der Waals surface area contributed by atoms with Crippen molar-refractivity contribution in [1.29, 1.82) is 0 Å². The number of nitrogens with one attached hydrogen (secondary N) is 2. The largest absolute Gasteiger partial charge is 0.359 e. The van der Waals surface area contributed by atoms with Crippen molar-refractivity contribution < 1.29 is 4.79 Å². The van der Waals surface area contributed by atoms with Crippen molar-refractivity contribution in [3.8, 4) is 0 Å². The summed E-state index contributed by atoms with van der Waals surface area (Å²) >= 11 is 0. The average Bonchev–Trinajstić information content (AvgIpc) is 2.79. The lowest BCUT2D eigenvalue weighted by Crippen LogP contribution is -2.28. The Bertz CT molecular complexity index is 497. The quantitative estimate of drug-likeness (QED) is 0.834. The minimum absolute atomic E-state index is 0.0630. The van der Waals surface area contributed by atoms with Crippen LogP contribution in [0.5, 0.6) is 0 Å². The van der Waals surface area contributed by atoms with Crippen LogP contribution < -0.4 is 5.32 Å². The molecular formula is C15H20N2O. The second-order valence-electron chi connectivity index (χ2n) is 4.69. The maximum absolute atomic E-state index is 11.8. The number of para-hydroxylation sites is 1. The molecule has 0 aliphatic rings. The lowest BCUT2D eigenvalue weighted by molar-refractivity contribution is -0.124. The normalized spacial score (nSPS) is 12.6. The maximum Gasteiger partial charge on any atom is 0.223 e. The number of carbonyl (C=O) groups is 1. The van der Waals surface area contributed by atoms with Gasteiger partial charge in [-0.25, -0.2) is 0 Å². The number of amides is 1. The Balaban J connectivity index is 2.17. The molecule has 2 aromatic rings. The molecule has 0 radical (unpaired) electrons. The smallest absolute Gasteiger partial charge is 0.223 e.